The van der Waals surface area contributed by atoms with Crippen molar-refractivity contribution in [2.45, 2.75) is 56.6 Å². The lowest BCUT2D eigenvalue weighted by Crippen LogP contribution is -1.97. The van der Waals surface area contributed by atoms with E-state index in [0.717, 1.165) is 4.78 Å². The number of hydrogen-bond donors (Lipinski definition) is 0. The fourth-order valence-corrected chi connectivity index (χ4v) is 3.09. The molecule has 0 bridgehead atoms. The Balaban J connectivity index is 2.09. The summed E-state index contributed by atoms with van der Waals surface area (Å²) in [6.07, 6.45) is 9.86. The Morgan fingerprint density at radius 3 is 2.38 bits per heavy atom. The van der Waals surface area contributed by atoms with Crippen LogP contribution in [0.25, 0.3) is 0 Å². The highest BCUT2D eigenvalue weighted by Gasteiger charge is 2.03. The molecule has 88 valence electrons. The highest BCUT2D eigenvalue weighted by molar-refractivity contribution is 6.11. The van der Waals surface area contributed by atoms with Crippen LogP contribution in [0.4, 0.5) is 0 Å². The van der Waals surface area contributed by atoms with Gasteiger partial charge in [0.2, 0.25) is 16.3 Å². The van der Waals surface area contributed by atoms with E-state index < -0.39 is 0 Å². The van der Waals surface area contributed by atoms with Gasteiger partial charge in [0.15, 0.2) is 0 Å². The Morgan fingerprint density at radius 1 is 1.00 bits per heavy atom. The molecule has 0 aromatic heterocycles. The molecule has 1 atom stereocenters. The zero-order chi connectivity index (χ0) is 11.6. The van der Waals surface area contributed by atoms with Crippen LogP contribution in [0.1, 0.15) is 51.0 Å². The van der Waals surface area contributed by atoms with Gasteiger partial charge in [0.05, 0.1) is 0 Å². The topological polar surface area (TPSA) is 0 Å². The van der Waals surface area contributed by atoms with Crippen LogP contribution in [0.15, 0.2) is 30.3 Å². The third kappa shape index (κ3) is 6.36. The molecular weight excluding hydrogens is 207 g/mol. The van der Waals surface area contributed by atoms with Gasteiger partial charge >= 0.3 is 0 Å². The van der Waals surface area contributed by atoms with Gasteiger partial charge in [-0.15, -0.1) is 0 Å². The molecule has 0 saturated heterocycles. The van der Waals surface area contributed by atoms with Crippen molar-refractivity contribution in [1.82, 2.24) is 0 Å². The maximum absolute atomic E-state index is 2.28. The summed E-state index contributed by atoms with van der Waals surface area (Å²) >= 11 is 1.34. The standard InChI is InChI=1S/C15H23.Al.2H/c1-2-3-4-5-6-7-9-12-15-13-10-8-11-14-15;;;/h8-11,13-14H,2-7,12H2,1H3;;;. The fourth-order valence-electron chi connectivity index (χ4n) is 2.21. The van der Waals surface area contributed by atoms with E-state index in [-0.39, 0.29) is 0 Å². The molecule has 1 heteroatoms. The van der Waals surface area contributed by atoms with E-state index in [4.69, 9.17) is 0 Å². The second-order valence-electron chi connectivity index (χ2n) is 5.00. The lowest BCUT2D eigenvalue weighted by atomic mass is 10.0. The van der Waals surface area contributed by atoms with Crippen molar-refractivity contribution >= 4 is 16.3 Å². The monoisotopic (exact) mass is 232 g/mol. The molecule has 0 aliphatic rings. The Kier molecular flexibility index (Phi) is 7.64. The smallest absolute Gasteiger partial charge is 0.0863 e. The molecule has 0 heterocycles. The molecule has 16 heavy (non-hydrogen) atoms. The van der Waals surface area contributed by atoms with E-state index >= 15 is 0 Å². The first-order valence-corrected chi connectivity index (χ1v) is 8.02. The van der Waals surface area contributed by atoms with E-state index in [9.17, 15) is 0 Å². The SMILES string of the molecule is CCCCCCC[CH]([AlH2])Cc1ccccc1. The highest BCUT2D eigenvalue weighted by atomic mass is 27.0. The molecule has 0 radical (unpaired) electrons. The van der Waals surface area contributed by atoms with Gasteiger partial charge in [-0.25, -0.2) is 0 Å². The molecule has 0 saturated carbocycles. The van der Waals surface area contributed by atoms with Crippen LogP contribution in [0.2, 0.25) is 4.78 Å². The van der Waals surface area contributed by atoms with Crippen LogP contribution < -0.4 is 0 Å². The second-order valence-corrected chi connectivity index (χ2v) is 6.63. The summed E-state index contributed by atoms with van der Waals surface area (Å²) in [6.45, 7) is 2.28. The minimum atomic E-state index is 0.976. The van der Waals surface area contributed by atoms with Gasteiger partial charge in [0, 0.05) is 0 Å². The molecule has 1 rings (SSSR count). The van der Waals surface area contributed by atoms with E-state index in [1.165, 1.54) is 66.8 Å². The van der Waals surface area contributed by atoms with Crippen LogP contribution in [-0.4, -0.2) is 16.3 Å². The minimum Gasteiger partial charge on any atom is -0.0863 e. The van der Waals surface area contributed by atoms with Crippen molar-refractivity contribution < 1.29 is 0 Å². The van der Waals surface area contributed by atoms with Crippen LogP contribution in [0, 0.1) is 0 Å². The van der Waals surface area contributed by atoms with Gasteiger partial charge in [0.25, 0.3) is 0 Å². The Labute approximate surface area is 109 Å². The Bertz CT molecular complexity index is 255. The average Bonchev–Trinajstić information content (AvgIpc) is 2.30. The summed E-state index contributed by atoms with van der Waals surface area (Å²) in [5.74, 6) is 0. The van der Waals surface area contributed by atoms with Crippen molar-refractivity contribution in [1.29, 1.82) is 0 Å². The molecule has 0 amide bonds. The zero-order valence-electron chi connectivity index (χ0n) is 10.9. The van der Waals surface area contributed by atoms with Crippen molar-refractivity contribution in [3.63, 3.8) is 0 Å². The molecule has 1 unspecified atom stereocenters. The largest absolute Gasteiger partial charge is 0.216 e. The summed E-state index contributed by atoms with van der Waals surface area (Å²) in [5.41, 5.74) is 1.52. The van der Waals surface area contributed by atoms with Crippen molar-refractivity contribution in [2.75, 3.05) is 0 Å². The third-order valence-corrected chi connectivity index (χ3v) is 4.21. The molecule has 0 fully saturated rings. The summed E-state index contributed by atoms with van der Waals surface area (Å²) in [6, 6.07) is 11.0. The predicted molar refractivity (Wildman–Crippen MR) is 75.8 cm³/mol. The first kappa shape index (κ1) is 13.8. The predicted octanol–water partition coefficient (Wildman–Crippen LogP) is 4.01. The highest BCUT2D eigenvalue weighted by Crippen LogP contribution is 2.18. The maximum Gasteiger partial charge on any atom is 0.216 e. The maximum atomic E-state index is 2.28. The number of unbranched alkanes of at least 4 members (excludes halogenated alkanes) is 4. The summed E-state index contributed by atoms with van der Waals surface area (Å²) in [5, 5.41) is 0. The average molecular weight is 232 g/mol. The van der Waals surface area contributed by atoms with E-state index in [1.807, 2.05) is 0 Å². The first-order valence-electron chi connectivity index (χ1n) is 6.87. The zero-order valence-corrected chi connectivity index (χ0v) is 12.9. The summed E-state index contributed by atoms with van der Waals surface area (Å²) in [7, 11) is 0. The van der Waals surface area contributed by atoms with Gasteiger partial charge in [-0.1, -0.05) is 80.6 Å². The van der Waals surface area contributed by atoms with E-state index in [1.54, 1.807) is 0 Å². The molecule has 0 spiro atoms. The molecule has 1 aromatic carbocycles. The minimum absolute atomic E-state index is 0.976. The van der Waals surface area contributed by atoms with Gasteiger partial charge in [0.1, 0.15) is 0 Å². The second kappa shape index (κ2) is 8.85. The molecule has 1 aromatic rings. The van der Waals surface area contributed by atoms with Gasteiger partial charge < -0.3 is 0 Å². The van der Waals surface area contributed by atoms with Gasteiger partial charge in [-0.2, -0.15) is 0 Å². The Morgan fingerprint density at radius 2 is 1.69 bits per heavy atom. The van der Waals surface area contributed by atoms with Crippen LogP contribution in [-0.2, 0) is 6.42 Å². The van der Waals surface area contributed by atoms with Crippen LogP contribution in [0.5, 0.6) is 0 Å². The molecule has 0 nitrogen and oxygen atoms in total. The first-order chi connectivity index (χ1) is 7.83. The number of hydrogen-bond acceptors (Lipinski definition) is 0. The number of benzene rings is 1. The van der Waals surface area contributed by atoms with Gasteiger partial charge in [-0.3, -0.25) is 0 Å². The third-order valence-electron chi connectivity index (χ3n) is 3.23. The van der Waals surface area contributed by atoms with Crippen LogP contribution >= 0.6 is 0 Å². The van der Waals surface area contributed by atoms with E-state index in [0.29, 0.717) is 0 Å². The number of rotatable bonds is 8. The normalized spacial score (nSPS) is 12.6. The molecule has 0 aliphatic heterocycles. The quantitative estimate of drug-likeness (QED) is 0.469. The van der Waals surface area contributed by atoms with Crippen molar-refractivity contribution in [3.8, 4) is 0 Å². The fraction of sp³-hybridized carbons (Fsp3) is 0.600. The Hall–Kier alpha value is -0.248. The summed E-state index contributed by atoms with van der Waals surface area (Å²) in [4.78, 5) is 0. The molecule has 0 aliphatic carbocycles. The lowest BCUT2D eigenvalue weighted by molar-refractivity contribution is 0.589. The van der Waals surface area contributed by atoms with Crippen molar-refractivity contribution in [3.05, 3.63) is 35.9 Å². The lowest BCUT2D eigenvalue weighted by Gasteiger charge is -2.11. The van der Waals surface area contributed by atoms with Gasteiger partial charge in [-0.05, 0) is 12.0 Å². The van der Waals surface area contributed by atoms with Crippen LogP contribution in [0.3, 0.4) is 0 Å². The summed E-state index contributed by atoms with van der Waals surface area (Å²) < 4.78 is 0.976. The molecular formula is C15H25Al. The van der Waals surface area contributed by atoms with E-state index in [2.05, 4.69) is 37.3 Å². The molecule has 0 N–H and O–H groups in total. The van der Waals surface area contributed by atoms with Crippen molar-refractivity contribution in [2.24, 2.45) is 0 Å².